The first-order valence-corrected chi connectivity index (χ1v) is 10.6. The van der Waals surface area contributed by atoms with E-state index >= 15 is 0 Å². The lowest BCUT2D eigenvalue weighted by atomic mass is 10.2. The number of carbonyl (C=O) groups is 1. The molecule has 0 bridgehead atoms. The fourth-order valence-electron chi connectivity index (χ4n) is 2.64. The van der Waals surface area contributed by atoms with Gasteiger partial charge in [0.2, 0.25) is 17.5 Å². The van der Waals surface area contributed by atoms with Crippen molar-refractivity contribution in [3.8, 4) is 28.7 Å². The molecule has 1 amide bonds. The van der Waals surface area contributed by atoms with E-state index in [0.717, 1.165) is 27.5 Å². The molecule has 30 heavy (non-hydrogen) atoms. The lowest BCUT2D eigenvalue weighted by Gasteiger charge is -2.12. The van der Waals surface area contributed by atoms with E-state index in [9.17, 15) is 4.79 Å². The first-order chi connectivity index (χ1) is 14.4. The van der Waals surface area contributed by atoms with E-state index in [1.807, 2.05) is 25.1 Å². The molecule has 10 heteroatoms. The van der Waals surface area contributed by atoms with Gasteiger partial charge in [-0.25, -0.2) is 0 Å². The Bertz CT molecular complexity index is 1030. The van der Waals surface area contributed by atoms with Crippen LogP contribution in [0.3, 0.4) is 0 Å². The lowest BCUT2D eigenvalue weighted by Crippen LogP contribution is -2.14. The molecule has 1 N–H and O–H groups in total. The van der Waals surface area contributed by atoms with E-state index in [2.05, 4.69) is 31.4 Å². The SMILES string of the molecule is COc1cc(-c2nnc(SCC(=O)Nc3ccc(Br)c(C)c3)o2)cc(OC)c1OC. The number of amides is 1. The van der Waals surface area contributed by atoms with E-state index in [-0.39, 0.29) is 22.8 Å². The highest BCUT2D eigenvalue weighted by Crippen LogP contribution is 2.41. The topological polar surface area (TPSA) is 95.7 Å². The Morgan fingerprint density at radius 1 is 1.10 bits per heavy atom. The number of thioether (sulfide) groups is 1. The average molecular weight is 494 g/mol. The minimum absolute atomic E-state index is 0.131. The van der Waals surface area contributed by atoms with Crippen LogP contribution in [0.2, 0.25) is 0 Å². The number of hydrogen-bond donors (Lipinski definition) is 1. The van der Waals surface area contributed by atoms with E-state index in [1.54, 1.807) is 12.1 Å². The molecule has 3 aromatic rings. The maximum Gasteiger partial charge on any atom is 0.277 e. The molecule has 0 saturated carbocycles. The summed E-state index contributed by atoms with van der Waals surface area (Å²) in [5, 5.41) is 11.2. The minimum Gasteiger partial charge on any atom is -0.493 e. The zero-order valence-corrected chi connectivity index (χ0v) is 19.2. The molecule has 8 nitrogen and oxygen atoms in total. The number of hydrogen-bond acceptors (Lipinski definition) is 8. The van der Waals surface area contributed by atoms with E-state index < -0.39 is 0 Å². The van der Waals surface area contributed by atoms with Gasteiger partial charge in [-0.3, -0.25) is 4.79 Å². The van der Waals surface area contributed by atoms with Crippen LogP contribution in [-0.2, 0) is 4.79 Å². The zero-order chi connectivity index (χ0) is 21.7. The van der Waals surface area contributed by atoms with Crippen molar-refractivity contribution in [3.63, 3.8) is 0 Å². The summed E-state index contributed by atoms with van der Waals surface area (Å²) < 4.78 is 22.7. The van der Waals surface area contributed by atoms with Gasteiger partial charge in [0.1, 0.15) is 0 Å². The van der Waals surface area contributed by atoms with Crippen molar-refractivity contribution >= 4 is 39.3 Å². The molecule has 0 aliphatic rings. The van der Waals surface area contributed by atoms with E-state index in [0.29, 0.717) is 22.8 Å². The molecule has 0 atom stereocenters. The van der Waals surface area contributed by atoms with Crippen LogP contribution in [0.4, 0.5) is 5.69 Å². The summed E-state index contributed by atoms with van der Waals surface area (Å²) in [6.07, 6.45) is 0. The quantitative estimate of drug-likeness (QED) is 0.456. The summed E-state index contributed by atoms with van der Waals surface area (Å²) in [6.45, 7) is 1.96. The second kappa shape index (κ2) is 9.86. The first-order valence-electron chi connectivity index (χ1n) is 8.77. The van der Waals surface area contributed by atoms with Crippen LogP contribution < -0.4 is 19.5 Å². The summed E-state index contributed by atoms with van der Waals surface area (Å²) >= 11 is 4.59. The third-order valence-corrected chi connectivity index (χ3v) is 5.79. The molecule has 1 heterocycles. The number of benzene rings is 2. The Balaban J connectivity index is 1.68. The molecule has 2 aromatic carbocycles. The van der Waals surface area contributed by atoms with Gasteiger partial charge in [0, 0.05) is 15.7 Å². The van der Waals surface area contributed by atoms with Gasteiger partial charge >= 0.3 is 0 Å². The maximum absolute atomic E-state index is 12.2. The van der Waals surface area contributed by atoms with Gasteiger partial charge in [-0.2, -0.15) is 0 Å². The van der Waals surface area contributed by atoms with Crippen molar-refractivity contribution < 1.29 is 23.4 Å². The number of halogens is 1. The molecule has 1 aromatic heterocycles. The summed E-state index contributed by atoms with van der Waals surface area (Å²) in [5.74, 6) is 1.66. The van der Waals surface area contributed by atoms with Crippen molar-refractivity contribution in [2.45, 2.75) is 12.1 Å². The highest BCUT2D eigenvalue weighted by Gasteiger charge is 2.18. The Morgan fingerprint density at radius 2 is 1.80 bits per heavy atom. The number of ether oxygens (including phenoxy) is 3. The normalized spacial score (nSPS) is 10.6. The largest absolute Gasteiger partial charge is 0.493 e. The van der Waals surface area contributed by atoms with Gasteiger partial charge in [-0.1, -0.05) is 27.7 Å². The molecule has 0 fully saturated rings. The van der Waals surface area contributed by atoms with Crippen molar-refractivity contribution in [1.29, 1.82) is 0 Å². The molecule has 0 radical (unpaired) electrons. The van der Waals surface area contributed by atoms with Crippen molar-refractivity contribution in [2.75, 3.05) is 32.4 Å². The molecular formula is C20H20BrN3O5S. The number of nitrogens with one attached hydrogen (secondary N) is 1. The van der Waals surface area contributed by atoms with Crippen LogP contribution in [0.1, 0.15) is 5.56 Å². The lowest BCUT2D eigenvalue weighted by molar-refractivity contribution is -0.113. The number of aryl methyl sites for hydroxylation is 1. The Morgan fingerprint density at radius 3 is 2.40 bits per heavy atom. The molecule has 3 rings (SSSR count). The predicted octanol–water partition coefficient (Wildman–Crippen LogP) is 4.56. The smallest absolute Gasteiger partial charge is 0.277 e. The third kappa shape index (κ3) is 5.06. The zero-order valence-electron chi connectivity index (χ0n) is 16.8. The number of anilines is 1. The minimum atomic E-state index is -0.172. The fraction of sp³-hybridized carbons (Fsp3) is 0.250. The van der Waals surface area contributed by atoms with Gasteiger partial charge in [0.25, 0.3) is 5.22 Å². The summed E-state index contributed by atoms with van der Waals surface area (Å²) in [7, 11) is 4.59. The second-order valence-corrected chi connectivity index (χ2v) is 7.87. The third-order valence-electron chi connectivity index (χ3n) is 4.09. The number of rotatable bonds is 8. The molecule has 0 aliphatic carbocycles. The summed E-state index contributed by atoms with van der Waals surface area (Å²) in [6, 6.07) is 9.04. The molecule has 0 saturated heterocycles. The van der Waals surface area contributed by atoms with Crippen molar-refractivity contribution in [1.82, 2.24) is 10.2 Å². The van der Waals surface area contributed by atoms with Crippen LogP contribution in [0.15, 0.2) is 44.4 Å². The molecule has 158 valence electrons. The van der Waals surface area contributed by atoms with Crippen LogP contribution in [0, 0.1) is 6.92 Å². The molecular weight excluding hydrogens is 474 g/mol. The van der Waals surface area contributed by atoms with Gasteiger partial charge in [-0.05, 0) is 42.8 Å². The summed E-state index contributed by atoms with van der Waals surface area (Å²) in [5.41, 5.74) is 2.37. The van der Waals surface area contributed by atoms with Gasteiger partial charge in [-0.15, -0.1) is 10.2 Å². The van der Waals surface area contributed by atoms with Crippen LogP contribution >= 0.6 is 27.7 Å². The Kier molecular flexibility index (Phi) is 7.22. The van der Waals surface area contributed by atoms with E-state index in [1.165, 1.54) is 21.3 Å². The average Bonchev–Trinajstić information content (AvgIpc) is 3.23. The molecule has 0 unspecified atom stereocenters. The van der Waals surface area contributed by atoms with Gasteiger partial charge in [0.05, 0.1) is 27.1 Å². The van der Waals surface area contributed by atoms with Crippen LogP contribution in [0.5, 0.6) is 17.2 Å². The number of methoxy groups -OCH3 is 3. The molecule has 0 spiro atoms. The highest BCUT2D eigenvalue weighted by atomic mass is 79.9. The summed E-state index contributed by atoms with van der Waals surface area (Å²) in [4.78, 5) is 12.2. The van der Waals surface area contributed by atoms with Gasteiger partial charge < -0.3 is 23.9 Å². The number of carbonyl (C=O) groups excluding carboxylic acids is 1. The maximum atomic E-state index is 12.2. The molecule has 0 aliphatic heterocycles. The number of aromatic nitrogens is 2. The van der Waals surface area contributed by atoms with Crippen molar-refractivity contribution in [3.05, 3.63) is 40.4 Å². The first kappa shape index (κ1) is 22.0. The predicted molar refractivity (Wildman–Crippen MR) is 118 cm³/mol. The van der Waals surface area contributed by atoms with Crippen LogP contribution in [-0.4, -0.2) is 43.2 Å². The van der Waals surface area contributed by atoms with Gasteiger partial charge in [0.15, 0.2) is 11.5 Å². The van der Waals surface area contributed by atoms with E-state index in [4.69, 9.17) is 18.6 Å². The van der Waals surface area contributed by atoms with Crippen molar-refractivity contribution in [2.24, 2.45) is 0 Å². The fourth-order valence-corrected chi connectivity index (χ4v) is 3.45. The Labute approximate surface area is 186 Å². The monoisotopic (exact) mass is 493 g/mol. The standard InChI is InChI=1S/C20H20BrN3O5S/c1-11-7-13(5-6-14(11)21)22-17(25)10-30-20-24-23-19(29-20)12-8-15(26-2)18(28-4)16(9-12)27-3/h5-9H,10H2,1-4H3,(H,22,25). The Hall–Kier alpha value is -2.72. The second-order valence-electron chi connectivity index (χ2n) is 6.09. The number of nitrogens with zero attached hydrogens (tertiary/aromatic N) is 2. The van der Waals surface area contributed by atoms with Crippen LogP contribution in [0.25, 0.3) is 11.5 Å². The highest BCUT2D eigenvalue weighted by molar-refractivity contribution is 9.10.